The molecule has 1 aliphatic heterocycles. The number of amidine groups is 2. The highest BCUT2D eigenvalue weighted by Crippen LogP contribution is 2.64. The number of para-hydroxylation sites is 1. The quantitative estimate of drug-likeness (QED) is 0.190. The van der Waals surface area contributed by atoms with Crippen molar-refractivity contribution in [1.82, 2.24) is 15.3 Å². The van der Waals surface area contributed by atoms with Gasteiger partial charge in [-0.25, -0.2) is 20.0 Å². The summed E-state index contributed by atoms with van der Waals surface area (Å²) in [4.78, 5) is 21.2. The number of nitrogens with zero attached hydrogens (tertiary/aromatic N) is 4. The highest BCUT2D eigenvalue weighted by atomic mass is 15.2. The largest absolute Gasteiger partial charge is 0.324 e. The summed E-state index contributed by atoms with van der Waals surface area (Å²) in [6, 6.07) is 70.8. The normalized spacial score (nSPS) is 17.1. The van der Waals surface area contributed by atoms with E-state index >= 15 is 0 Å². The number of rotatable bonds is 5. The number of hydrogen-bond donors (Lipinski definition) is 1. The summed E-state index contributed by atoms with van der Waals surface area (Å²) < 4.78 is 0. The lowest BCUT2D eigenvalue weighted by Crippen LogP contribution is -2.36. The number of nitrogens with one attached hydrogen (secondary N) is 1. The maximum atomic E-state index is 5.39. The molecular formula is C54H35N5. The Morgan fingerprint density at radius 1 is 0.390 bits per heavy atom. The van der Waals surface area contributed by atoms with Crippen molar-refractivity contribution in [3.05, 3.63) is 239 Å². The zero-order valence-corrected chi connectivity index (χ0v) is 31.9. The highest BCUT2D eigenvalue weighted by molar-refractivity contribution is 6.19. The molecule has 0 fully saturated rings. The topological polar surface area (TPSA) is 62.5 Å². The summed E-state index contributed by atoms with van der Waals surface area (Å²) in [7, 11) is 0. The Morgan fingerprint density at radius 3 is 1.59 bits per heavy atom. The summed E-state index contributed by atoms with van der Waals surface area (Å²) in [5.74, 6) is 2.32. The van der Waals surface area contributed by atoms with Crippen LogP contribution in [0.5, 0.6) is 0 Å². The van der Waals surface area contributed by atoms with Crippen molar-refractivity contribution in [3.8, 4) is 44.9 Å². The summed E-state index contributed by atoms with van der Waals surface area (Å²) in [5, 5.41) is 4.75. The third-order valence-corrected chi connectivity index (χ3v) is 12.2. The Balaban J connectivity index is 1.10. The molecule has 276 valence electrons. The van der Waals surface area contributed by atoms with Crippen molar-refractivity contribution < 1.29 is 0 Å². The fraction of sp³-hybridized carbons (Fsp3) is 0.0370. The third-order valence-electron chi connectivity index (χ3n) is 12.2. The molecule has 2 aliphatic carbocycles. The second kappa shape index (κ2) is 13.2. The molecule has 0 amide bonds. The van der Waals surface area contributed by atoms with Crippen molar-refractivity contribution in [1.29, 1.82) is 0 Å². The molecule has 59 heavy (non-hydrogen) atoms. The van der Waals surface area contributed by atoms with Gasteiger partial charge in [-0.15, -0.1) is 0 Å². The van der Waals surface area contributed by atoms with Gasteiger partial charge in [0.2, 0.25) is 0 Å². The molecule has 1 N–H and O–H groups in total. The van der Waals surface area contributed by atoms with E-state index in [9.17, 15) is 0 Å². The Hall–Kier alpha value is -7.76. The van der Waals surface area contributed by atoms with Crippen LogP contribution in [-0.2, 0) is 5.41 Å². The molecule has 1 spiro atoms. The number of benzene rings is 8. The molecule has 5 nitrogen and oxygen atoms in total. The fourth-order valence-corrected chi connectivity index (χ4v) is 9.74. The minimum absolute atomic E-state index is 0.401. The maximum Gasteiger partial charge on any atom is 0.169 e. The lowest BCUT2D eigenvalue weighted by molar-refractivity contribution is 0.755. The first-order valence-corrected chi connectivity index (χ1v) is 20.1. The third kappa shape index (κ3) is 4.98. The van der Waals surface area contributed by atoms with Crippen LogP contribution in [0.25, 0.3) is 55.8 Å². The van der Waals surface area contributed by atoms with Crippen LogP contribution in [0, 0.1) is 0 Å². The molecule has 12 rings (SSSR count). The van der Waals surface area contributed by atoms with Crippen molar-refractivity contribution in [3.63, 3.8) is 0 Å². The molecule has 0 bridgehead atoms. The Morgan fingerprint density at radius 2 is 0.898 bits per heavy atom. The van der Waals surface area contributed by atoms with Gasteiger partial charge in [-0.1, -0.05) is 194 Å². The molecular weight excluding hydrogens is 719 g/mol. The molecule has 0 saturated heterocycles. The van der Waals surface area contributed by atoms with E-state index in [1.807, 2.05) is 18.2 Å². The van der Waals surface area contributed by atoms with Crippen LogP contribution >= 0.6 is 0 Å². The summed E-state index contributed by atoms with van der Waals surface area (Å²) >= 11 is 0. The van der Waals surface area contributed by atoms with Crippen LogP contribution in [-0.4, -0.2) is 21.6 Å². The van der Waals surface area contributed by atoms with E-state index in [1.54, 1.807) is 0 Å². The molecule has 8 aromatic carbocycles. The van der Waals surface area contributed by atoms with E-state index in [0.29, 0.717) is 5.82 Å². The first-order chi connectivity index (χ1) is 29.3. The second-order valence-corrected chi connectivity index (χ2v) is 15.3. The minimum Gasteiger partial charge on any atom is -0.324 e. The summed E-state index contributed by atoms with van der Waals surface area (Å²) in [6.07, 6.45) is -0.401. The molecule has 1 aromatic heterocycles. The van der Waals surface area contributed by atoms with Gasteiger partial charge in [0.1, 0.15) is 11.7 Å². The van der Waals surface area contributed by atoms with Gasteiger partial charge in [0.15, 0.2) is 12.0 Å². The van der Waals surface area contributed by atoms with E-state index in [-0.39, 0.29) is 0 Å². The minimum atomic E-state index is -0.590. The molecule has 2 atom stereocenters. The first kappa shape index (κ1) is 33.4. The predicted octanol–water partition coefficient (Wildman–Crippen LogP) is 11.8. The maximum absolute atomic E-state index is 5.39. The second-order valence-electron chi connectivity index (χ2n) is 15.3. The first-order valence-electron chi connectivity index (χ1n) is 20.1. The lowest BCUT2D eigenvalue weighted by Gasteiger charge is -2.31. The Kier molecular flexibility index (Phi) is 7.44. The van der Waals surface area contributed by atoms with E-state index in [2.05, 4.69) is 187 Å². The SMILES string of the molecule is c1ccc(C2=NC(c3ccccc3)N=C(c3cccc4c3-c3ccccc3C43c4ccccc4-c4c(-c5nc(-c6ccccc6)c6ccccc6n5)cccc43)N2)cc1. The van der Waals surface area contributed by atoms with Crippen LogP contribution in [0.4, 0.5) is 0 Å². The molecule has 0 radical (unpaired) electrons. The van der Waals surface area contributed by atoms with E-state index in [1.165, 1.54) is 44.5 Å². The van der Waals surface area contributed by atoms with Gasteiger partial charge in [0, 0.05) is 27.6 Å². The lowest BCUT2D eigenvalue weighted by atomic mass is 9.70. The van der Waals surface area contributed by atoms with Gasteiger partial charge in [0.25, 0.3) is 0 Å². The monoisotopic (exact) mass is 753 g/mol. The summed E-state index contributed by atoms with van der Waals surface area (Å²) in [6.45, 7) is 0. The molecule has 9 aromatic rings. The number of hydrogen-bond acceptors (Lipinski definition) is 5. The van der Waals surface area contributed by atoms with Gasteiger partial charge in [-0.2, -0.15) is 0 Å². The van der Waals surface area contributed by atoms with Crippen LogP contribution in [0.3, 0.4) is 0 Å². The zero-order valence-electron chi connectivity index (χ0n) is 31.9. The van der Waals surface area contributed by atoms with E-state index < -0.39 is 11.6 Å². The van der Waals surface area contributed by atoms with Gasteiger partial charge in [0.05, 0.1) is 16.6 Å². The van der Waals surface area contributed by atoms with Gasteiger partial charge < -0.3 is 5.32 Å². The standard InChI is InChI=1S/C54H35N5/c1-4-18-34(19-5-1)49-39-26-12-15-33-46(39)55-52(56-49)40-27-16-31-44-47(40)37-24-10-13-29-42(37)54(44)43-30-14-11-25-38(43)48-41(28-17-32-45(48)54)53-58-50(35-20-6-2-7-21-35)57-51(59-53)36-22-8-3-9-23-36/h1-33,50H,(H,57,58,59). The van der Waals surface area contributed by atoms with Crippen molar-refractivity contribution in [2.24, 2.45) is 9.98 Å². The smallest absolute Gasteiger partial charge is 0.169 e. The molecule has 0 saturated carbocycles. The highest BCUT2D eigenvalue weighted by Gasteiger charge is 2.53. The average molecular weight is 754 g/mol. The van der Waals surface area contributed by atoms with Gasteiger partial charge >= 0.3 is 0 Å². The number of aliphatic imine (C=N–C) groups is 2. The van der Waals surface area contributed by atoms with Crippen molar-refractivity contribution >= 4 is 22.6 Å². The molecule has 5 heteroatoms. The number of fused-ring (bicyclic) bond motifs is 11. The van der Waals surface area contributed by atoms with Crippen LogP contribution < -0.4 is 5.32 Å². The zero-order chi connectivity index (χ0) is 38.9. The Labute approximate surface area is 342 Å². The van der Waals surface area contributed by atoms with Crippen LogP contribution in [0.15, 0.2) is 210 Å². The van der Waals surface area contributed by atoms with Crippen LogP contribution in [0.1, 0.15) is 45.1 Å². The van der Waals surface area contributed by atoms with Crippen molar-refractivity contribution in [2.45, 2.75) is 11.6 Å². The van der Waals surface area contributed by atoms with Crippen LogP contribution in [0.2, 0.25) is 0 Å². The van der Waals surface area contributed by atoms with E-state index in [4.69, 9.17) is 20.0 Å². The predicted molar refractivity (Wildman–Crippen MR) is 239 cm³/mol. The van der Waals surface area contributed by atoms with Gasteiger partial charge in [-0.3, -0.25) is 0 Å². The van der Waals surface area contributed by atoms with E-state index in [0.717, 1.165) is 56.1 Å². The Bertz CT molecular complexity index is 3190. The average Bonchev–Trinajstić information content (AvgIpc) is 3.80. The van der Waals surface area contributed by atoms with Gasteiger partial charge in [-0.05, 0) is 56.1 Å². The van der Waals surface area contributed by atoms with Crippen molar-refractivity contribution in [2.75, 3.05) is 0 Å². The molecule has 2 heterocycles. The molecule has 3 aliphatic rings. The number of aromatic nitrogens is 2. The summed E-state index contributed by atoms with van der Waals surface area (Å²) in [5.41, 5.74) is 16.1. The molecule has 2 unspecified atom stereocenters. The fourth-order valence-electron chi connectivity index (χ4n) is 9.74.